The van der Waals surface area contributed by atoms with Gasteiger partial charge in [-0.2, -0.15) is 0 Å². The Labute approximate surface area is 81.4 Å². The van der Waals surface area contributed by atoms with Crippen LogP contribution in [-0.2, 0) is 6.42 Å². The fraction of sp³-hybridized carbons (Fsp3) is 0.300. The molecular formula is C10H11NO3. The maximum Gasteiger partial charge on any atom is 0.335 e. The van der Waals surface area contributed by atoms with Gasteiger partial charge in [0.15, 0.2) is 0 Å². The molecule has 2 N–H and O–H groups in total. The molecule has 2 rings (SSSR count). The van der Waals surface area contributed by atoms with E-state index in [0.717, 1.165) is 24.2 Å². The third-order valence-electron chi connectivity index (χ3n) is 2.49. The van der Waals surface area contributed by atoms with Gasteiger partial charge in [-0.25, -0.2) is 4.79 Å². The molecule has 0 atom stereocenters. The van der Waals surface area contributed by atoms with Crippen molar-refractivity contribution in [2.45, 2.75) is 6.42 Å². The molecule has 1 aromatic carbocycles. The third kappa shape index (κ3) is 1.33. The number of rotatable bonds is 2. The lowest BCUT2D eigenvalue weighted by Crippen LogP contribution is -2.21. The molecule has 4 nitrogen and oxygen atoms in total. The van der Waals surface area contributed by atoms with E-state index >= 15 is 0 Å². The molecule has 14 heavy (non-hydrogen) atoms. The van der Waals surface area contributed by atoms with E-state index in [9.17, 15) is 4.79 Å². The highest BCUT2D eigenvalue weighted by molar-refractivity contribution is 5.89. The highest BCUT2D eigenvalue weighted by Crippen LogP contribution is 2.28. The number of fused-ring (bicyclic) bond motifs is 1. The topological polar surface area (TPSA) is 60.8 Å². The van der Waals surface area contributed by atoms with Crippen LogP contribution in [-0.4, -0.2) is 29.5 Å². The van der Waals surface area contributed by atoms with Gasteiger partial charge in [0.05, 0.1) is 5.56 Å². The number of aliphatic hydroxyl groups is 1. The van der Waals surface area contributed by atoms with E-state index in [1.165, 1.54) is 0 Å². The summed E-state index contributed by atoms with van der Waals surface area (Å²) in [5.74, 6) is -0.933. The number of anilines is 1. The molecule has 0 spiro atoms. The first-order chi connectivity index (χ1) is 6.72. The van der Waals surface area contributed by atoms with Crippen LogP contribution in [0.2, 0.25) is 0 Å². The van der Waals surface area contributed by atoms with Crippen LogP contribution in [0, 0.1) is 0 Å². The van der Waals surface area contributed by atoms with Crippen LogP contribution in [0.5, 0.6) is 0 Å². The second kappa shape index (κ2) is 3.31. The minimum atomic E-state index is -0.933. The maximum atomic E-state index is 10.7. The Bertz CT molecular complexity index is 376. The normalized spacial score (nSPS) is 14.2. The lowest BCUT2D eigenvalue weighted by atomic mass is 10.1. The second-order valence-electron chi connectivity index (χ2n) is 3.30. The Hall–Kier alpha value is -1.55. The smallest absolute Gasteiger partial charge is 0.335 e. The van der Waals surface area contributed by atoms with E-state index in [1.807, 2.05) is 6.07 Å². The molecule has 1 aromatic rings. The van der Waals surface area contributed by atoms with Gasteiger partial charge in [-0.15, -0.1) is 0 Å². The minimum absolute atomic E-state index is 0.0595. The monoisotopic (exact) mass is 193 g/mol. The summed E-state index contributed by atoms with van der Waals surface area (Å²) in [7, 11) is 0. The van der Waals surface area contributed by atoms with Gasteiger partial charge in [0, 0.05) is 12.2 Å². The zero-order valence-electron chi connectivity index (χ0n) is 7.60. The quantitative estimate of drug-likeness (QED) is 0.725. The number of benzene rings is 1. The number of hydrogen-bond acceptors (Lipinski definition) is 3. The van der Waals surface area contributed by atoms with Crippen molar-refractivity contribution < 1.29 is 15.0 Å². The Morgan fingerprint density at radius 1 is 1.50 bits per heavy atom. The van der Waals surface area contributed by atoms with Crippen molar-refractivity contribution in [3.8, 4) is 0 Å². The van der Waals surface area contributed by atoms with Gasteiger partial charge < -0.3 is 15.1 Å². The minimum Gasteiger partial charge on any atom is -0.478 e. The molecule has 0 fully saturated rings. The van der Waals surface area contributed by atoms with Gasteiger partial charge in [0.1, 0.15) is 6.73 Å². The highest BCUT2D eigenvalue weighted by atomic mass is 16.4. The summed E-state index contributed by atoms with van der Waals surface area (Å²) < 4.78 is 0. The Balaban J connectivity index is 2.42. The molecule has 0 amide bonds. The summed E-state index contributed by atoms with van der Waals surface area (Å²) in [4.78, 5) is 12.5. The van der Waals surface area contributed by atoms with Crippen molar-refractivity contribution in [3.05, 3.63) is 29.3 Å². The predicted octanol–water partition coefficient (Wildman–Crippen LogP) is 0.697. The summed E-state index contributed by atoms with van der Waals surface area (Å²) in [5, 5.41) is 17.8. The van der Waals surface area contributed by atoms with Gasteiger partial charge >= 0.3 is 5.97 Å². The first-order valence-electron chi connectivity index (χ1n) is 4.44. The number of carboxylic acid groups (broad SMARTS) is 1. The molecule has 1 aliphatic rings. The van der Waals surface area contributed by atoms with Crippen molar-refractivity contribution >= 4 is 11.7 Å². The van der Waals surface area contributed by atoms with Crippen molar-refractivity contribution in [2.75, 3.05) is 18.2 Å². The largest absolute Gasteiger partial charge is 0.478 e. The predicted molar refractivity (Wildman–Crippen MR) is 51.5 cm³/mol. The van der Waals surface area contributed by atoms with E-state index in [0.29, 0.717) is 0 Å². The molecule has 1 aliphatic heterocycles. The first kappa shape index (κ1) is 9.02. The molecular weight excluding hydrogens is 182 g/mol. The first-order valence-corrected chi connectivity index (χ1v) is 4.44. The van der Waals surface area contributed by atoms with Gasteiger partial charge in [-0.05, 0) is 24.1 Å². The molecule has 0 unspecified atom stereocenters. The lowest BCUT2D eigenvalue weighted by Gasteiger charge is -2.15. The molecule has 1 heterocycles. The van der Waals surface area contributed by atoms with Crippen molar-refractivity contribution in [3.63, 3.8) is 0 Å². The molecule has 0 radical (unpaired) electrons. The number of carboxylic acids is 1. The van der Waals surface area contributed by atoms with Crippen molar-refractivity contribution in [1.29, 1.82) is 0 Å². The fourth-order valence-electron chi connectivity index (χ4n) is 1.73. The summed E-state index contributed by atoms with van der Waals surface area (Å²) in [5.41, 5.74) is 2.21. The van der Waals surface area contributed by atoms with Crippen molar-refractivity contribution in [2.24, 2.45) is 0 Å². The molecule has 0 saturated heterocycles. The molecule has 74 valence electrons. The van der Waals surface area contributed by atoms with E-state index in [1.54, 1.807) is 17.0 Å². The average Bonchev–Trinajstić information content (AvgIpc) is 2.59. The van der Waals surface area contributed by atoms with E-state index < -0.39 is 5.97 Å². The van der Waals surface area contributed by atoms with Gasteiger partial charge in [0.2, 0.25) is 0 Å². The molecule has 0 aromatic heterocycles. The molecule has 0 saturated carbocycles. The number of nitrogens with zero attached hydrogens (tertiary/aromatic N) is 1. The average molecular weight is 193 g/mol. The Kier molecular flexibility index (Phi) is 2.13. The highest BCUT2D eigenvalue weighted by Gasteiger charge is 2.19. The second-order valence-corrected chi connectivity index (χ2v) is 3.30. The van der Waals surface area contributed by atoms with Crippen LogP contribution in [0.15, 0.2) is 18.2 Å². The molecule has 0 bridgehead atoms. The third-order valence-corrected chi connectivity index (χ3v) is 2.49. The SMILES string of the molecule is O=C(O)c1ccc2c(c1)N(CO)CC2. The molecule has 0 aliphatic carbocycles. The Morgan fingerprint density at radius 2 is 2.29 bits per heavy atom. The van der Waals surface area contributed by atoms with Gasteiger partial charge in [-0.3, -0.25) is 0 Å². The van der Waals surface area contributed by atoms with E-state index in [2.05, 4.69) is 0 Å². The summed E-state index contributed by atoms with van der Waals surface area (Å²) in [6.45, 7) is 0.699. The lowest BCUT2D eigenvalue weighted by molar-refractivity contribution is 0.0697. The van der Waals surface area contributed by atoms with Crippen LogP contribution < -0.4 is 4.90 Å². The molecule has 4 heteroatoms. The summed E-state index contributed by atoms with van der Waals surface area (Å²) >= 11 is 0. The number of aliphatic hydroxyl groups excluding tert-OH is 1. The summed E-state index contributed by atoms with van der Waals surface area (Å²) in [6, 6.07) is 5.03. The van der Waals surface area contributed by atoms with E-state index in [4.69, 9.17) is 10.2 Å². The zero-order chi connectivity index (χ0) is 10.1. The maximum absolute atomic E-state index is 10.7. The van der Waals surface area contributed by atoms with Gasteiger partial charge in [0.25, 0.3) is 0 Å². The number of carbonyl (C=O) groups is 1. The van der Waals surface area contributed by atoms with Crippen LogP contribution >= 0.6 is 0 Å². The van der Waals surface area contributed by atoms with Crippen LogP contribution in [0.3, 0.4) is 0 Å². The standard InChI is InChI=1S/C10H11NO3/c12-6-11-4-3-7-1-2-8(10(13)14)5-9(7)11/h1-2,5,12H,3-4,6H2,(H,13,14). The van der Waals surface area contributed by atoms with E-state index in [-0.39, 0.29) is 12.3 Å². The Morgan fingerprint density at radius 3 is 2.93 bits per heavy atom. The fourth-order valence-corrected chi connectivity index (χ4v) is 1.73. The van der Waals surface area contributed by atoms with Crippen LogP contribution in [0.25, 0.3) is 0 Å². The number of aromatic carboxylic acids is 1. The van der Waals surface area contributed by atoms with Gasteiger partial charge in [-0.1, -0.05) is 6.07 Å². The van der Waals surface area contributed by atoms with Crippen LogP contribution in [0.4, 0.5) is 5.69 Å². The van der Waals surface area contributed by atoms with Crippen molar-refractivity contribution in [1.82, 2.24) is 0 Å². The summed E-state index contributed by atoms with van der Waals surface area (Å²) in [6.07, 6.45) is 0.871. The van der Waals surface area contributed by atoms with Crippen LogP contribution in [0.1, 0.15) is 15.9 Å². The zero-order valence-corrected chi connectivity index (χ0v) is 7.60. The number of hydrogen-bond donors (Lipinski definition) is 2.